The third-order valence-electron chi connectivity index (χ3n) is 5.32. The van der Waals surface area contributed by atoms with Gasteiger partial charge in [0.15, 0.2) is 0 Å². The molecule has 2 atom stereocenters. The molecular formula is C23H32O4. The van der Waals surface area contributed by atoms with E-state index in [2.05, 4.69) is 6.92 Å². The molecule has 0 spiro atoms. The Kier molecular flexibility index (Phi) is 8.56. The summed E-state index contributed by atoms with van der Waals surface area (Å²) in [6.07, 6.45) is 12.0. The summed E-state index contributed by atoms with van der Waals surface area (Å²) in [7, 11) is 0. The molecule has 1 N–H and O–H groups in total. The van der Waals surface area contributed by atoms with Crippen molar-refractivity contribution >= 4 is 11.9 Å². The van der Waals surface area contributed by atoms with Crippen LogP contribution < -0.4 is 0 Å². The monoisotopic (exact) mass is 372 g/mol. The fraction of sp³-hybridized carbons (Fsp3) is 0.565. The molecule has 0 aromatic heterocycles. The minimum Gasteiger partial charge on any atom is -0.475 e. The van der Waals surface area contributed by atoms with Crippen molar-refractivity contribution < 1.29 is 19.4 Å². The highest BCUT2D eigenvalue weighted by atomic mass is 16.6. The van der Waals surface area contributed by atoms with Gasteiger partial charge in [0, 0.05) is 5.92 Å². The molecule has 27 heavy (non-hydrogen) atoms. The summed E-state index contributed by atoms with van der Waals surface area (Å²) in [4.78, 5) is 23.8. The molecule has 0 radical (unpaired) electrons. The summed E-state index contributed by atoms with van der Waals surface area (Å²) in [5.74, 6) is -2.40. The zero-order valence-corrected chi connectivity index (χ0v) is 16.6. The van der Waals surface area contributed by atoms with Crippen molar-refractivity contribution in [3.8, 4) is 0 Å². The summed E-state index contributed by atoms with van der Waals surface area (Å²) in [5, 5.41) is 9.24. The van der Waals surface area contributed by atoms with E-state index in [9.17, 15) is 14.7 Å². The second-order valence-corrected chi connectivity index (χ2v) is 7.56. The van der Waals surface area contributed by atoms with Crippen LogP contribution >= 0.6 is 0 Å². The molecule has 0 saturated heterocycles. The molecule has 1 heterocycles. The lowest BCUT2D eigenvalue weighted by Crippen LogP contribution is -2.30. The first-order valence-corrected chi connectivity index (χ1v) is 10.3. The number of carbonyl (C=O) groups excluding carboxylic acids is 1. The van der Waals surface area contributed by atoms with Crippen molar-refractivity contribution in [1.29, 1.82) is 0 Å². The molecule has 0 saturated carbocycles. The minimum absolute atomic E-state index is 0.234. The van der Waals surface area contributed by atoms with Gasteiger partial charge < -0.3 is 9.84 Å². The molecule has 1 aliphatic heterocycles. The highest BCUT2D eigenvalue weighted by Crippen LogP contribution is 2.36. The number of aliphatic carboxylic acids is 1. The summed E-state index contributed by atoms with van der Waals surface area (Å²) in [6, 6.07) is 7.96. The number of esters is 1. The summed E-state index contributed by atoms with van der Waals surface area (Å²) in [6.45, 7) is 4.23. The van der Waals surface area contributed by atoms with E-state index in [1.54, 1.807) is 6.08 Å². The van der Waals surface area contributed by atoms with Gasteiger partial charge >= 0.3 is 11.9 Å². The smallest absolute Gasteiger partial charge is 0.371 e. The lowest BCUT2D eigenvalue weighted by molar-refractivity contribution is -0.153. The normalized spacial score (nSPS) is 19.5. The number of allylic oxidation sites excluding steroid dienone is 1. The van der Waals surface area contributed by atoms with Crippen LogP contribution in [-0.4, -0.2) is 17.0 Å². The number of carbonyl (C=O) groups is 2. The van der Waals surface area contributed by atoms with Gasteiger partial charge in [-0.15, -0.1) is 0 Å². The van der Waals surface area contributed by atoms with E-state index < -0.39 is 11.9 Å². The predicted octanol–water partition coefficient (Wildman–Crippen LogP) is 5.75. The molecule has 2 rings (SSSR count). The first-order chi connectivity index (χ1) is 13.0. The Bertz CT molecular complexity index is 645. The molecular weight excluding hydrogens is 340 g/mol. The van der Waals surface area contributed by atoms with E-state index >= 15 is 0 Å². The third-order valence-corrected chi connectivity index (χ3v) is 5.32. The van der Waals surface area contributed by atoms with Crippen LogP contribution in [0.15, 0.2) is 36.1 Å². The number of carboxylic acids is 1. The van der Waals surface area contributed by atoms with Gasteiger partial charge in [-0.1, -0.05) is 88.1 Å². The van der Waals surface area contributed by atoms with Gasteiger partial charge in [-0.25, -0.2) is 4.79 Å². The number of unbranched alkanes of at least 4 members (excludes halogenated alkanes) is 7. The van der Waals surface area contributed by atoms with E-state index in [1.165, 1.54) is 38.5 Å². The van der Waals surface area contributed by atoms with Crippen LogP contribution in [0, 0.1) is 12.8 Å². The second kappa shape index (κ2) is 10.9. The summed E-state index contributed by atoms with van der Waals surface area (Å²) < 4.78 is 5.08. The predicted molar refractivity (Wildman–Crippen MR) is 106 cm³/mol. The second-order valence-electron chi connectivity index (χ2n) is 7.56. The van der Waals surface area contributed by atoms with Crippen molar-refractivity contribution in [2.75, 3.05) is 0 Å². The SMILES string of the molecule is CCCCCCCCCCC1C(=O)OC(C(=O)O)=CC1c1ccc(C)cc1. The lowest BCUT2D eigenvalue weighted by Gasteiger charge is -2.28. The van der Waals surface area contributed by atoms with Crippen LogP contribution in [0.3, 0.4) is 0 Å². The highest BCUT2D eigenvalue weighted by molar-refractivity contribution is 5.90. The van der Waals surface area contributed by atoms with Crippen LogP contribution in [0.2, 0.25) is 0 Å². The van der Waals surface area contributed by atoms with Crippen LogP contribution in [0.4, 0.5) is 0 Å². The maximum absolute atomic E-state index is 12.5. The maximum atomic E-state index is 12.5. The Balaban J connectivity index is 1.96. The van der Waals surface area contributed by atoms with Gasteiger partial charge in [-0.05, 0) is 25.0 Å². The van der Waals surface area contributed by atoms with Crippen molar-refractivity contribution in [2.45, 2.75) is 77.6 Å². The number of carboxylic acid groups (broad SMARTS) is 1. The number of cyclic esters (lactones) is 1. The number of benzene rings is 1. The van der Waals surface area contributed by atoms with Crippen LogP contribution in [-0.2, 0) is 14.3 Å². The molecule has 0 aliphatic carbocycles. The zero-order chi connectivity index (χ0) is 19.6. The molecule has 0 bridgehead atoms. The van der Waals surface area contributed by atoms with Gasteiger partial charge in [-0.2, -0.15) is 0 Å². The molecule has 0 fully saturated rings. The topological polar surface area (TPSA) is 63.6 Å². The zero-order valence-electron chi connectivity index (χ0n) is 16.6. The van der Waals surface area contributed by atoms with E-state index in [-0.39, 0.29) is 17.6 Å². The van der Waals surface area contributed by atoms with Crippen LogP contribution in [0.1, 0.15) is 81.8 Å². The lowest BCUT2D eigenvalue weighted by atomic mass is 9.80. The highest BCUT2D eigenvalue weighted by Gasteiger charge is 2.36. The average molecular weight is 373 g/mol. The standard InChI is InChI=1S/C23H32O4/c1-3-4-5-6-7-8-9-10-11-19-20(18-14-12-17(2)13-15-18)16-21(22(24)25)27-23(19)26/h12-16,19-20H,3-11H2,1-2H3,(H,24,25). The third kappa shape index (κ3) is 6.53. The maximum Gasteiger partial charge on any atom is 0.371 e. The average Bonchev–Trinajstić information content (AvgIpc) is 2.65. The molecule has 4 nitrogen and oxygen atoms in total. The van der Waals surface area contributed by atoms with E-state index in [4.69, 9.17) is 4.74 Å². The van der Waals surface area contributed by atoms with Gasteiger partial charge in [0.2, 0.25) is 5.76 Å². The fourth-order valence-electron chi connectivity index (χ4n) is 3.67. The molecule has 1 aromatic carbocycles. The molecule has 148 valence electrons. The van der Waals surface area contributed by atoms with Gasteiger partial charge in [-0.3, -0.25) is 4.79 Å². The Morgan fingerprint density at radius 3 is 2.19 bits per heavy atom. The Morgan fingerprint density at radius 2 is 1.59 bits per heavy atom. The first-order valence-electron chi connectivity index (χ1n) is 10.3. The summed E-state index contributed by atoms with van der Waals surface area (Å²) >= 11 is 0. The van der Waals surface area contributed by atoms with Crippen molar-refractivity contribution in [1.82, 2.24) is 0 Å². The van der Waals surface area contributed by atoms with Gasteiger partial charge in [0.05, 0.1) is 5.92 Å². The fourth-order valence-corrected chi connectivity index (χ4v) is 3.67. The van der Waals surface area contributed by atoms with E-state index in [0.29, 0.717) is 0 Å². The summed E-state index contributed by atoms with van der Waals surface area (Å²) in [5.41, 5.74) is 2.11. The molecule has 1 aromatic rings. The molecule has 2 unspecified atom stereocenters. The van der Waals surface area contributed by atoms with Crippen LogP contribution in [0.25, 0.3) is 0 Å². The largest absolute Gasteiger partial charge is 0.475 e. The number of aryl methyl sites for hydroxylation is 1. The van der Waals surface area contributed by atoms with E-state index in [1.807, 2.05) is 31.2 Å². The Hall–Kier alpha value is -2.10. The van der Waals surface area contributed by atoms with Crippen molar-refractivity contribution in [2.24, 2.45) is 5.92 Å². The number of ether oxygens (including phenoxy) is 1. The number of rotatable bonds is 11. The quantitative estimate of drug-likeness (QED) is 0.397. The minimum atomic E-state index is -1.19. The van der Waals surface area contributed by atoms with E-state index in [0.717, 1.165) is 30.4 Å². The van der Waals surface area contributed by atoms with Crippen molar-refractivity contribution in [3.05, 3.63) is 47.2 Å². The number of hydrogen-bond donors (Lipinski definition) is 1. The molecule has 0 amide bonds. The van der Waals surface area contributed by atoms with Crippen LogP contribution in [0.5, 0.6) is 0 Å². The molecule has 4 heteroatoms. The van der Waals surface area contributed by atoms with Crippen molar-refractivity contribution in [3.63, 3.8) is 0 Å². The van der Waals surface area contributed by atoms with Gasteiger partial charge in [0.25, 0.3) is 0 Å². The van der Waals surface area contributed by atoms with Gasteiger partial charge in [0.1, 0.15) is 0 Å². The first kappa shape index (κ1) is 21.2. The Labute approximate surface area is 162 Å². The number of hydrogen-bond acceptors (Lipinski definition) is 3. The molecule has 1 aliphatic rings. The Morgan fingerprint density at radius 1 is 1.00 bits per heavy atom.